The summed E-state index contributed by atoms with van der Waals surface area (Å²) in [7, 11) is 0. The van der Waals surface area contributed by atoms with Crippen molar-refractivity contribution in [1.82, 2.24) is 19.8 Å². The summed E-state index contributed by atoms with van der Waals surface area (Å²) in [6.07, 6.45) is 13.0. The van der Waals surface area contributed by atoms with Gasteiger partial charge >= 0.3 is 0 Å². The normalized spacial score (nSPS) is 20.9. The molecular formula is C24H34N4OS. The summed E-state index contributed by atoms with van der Waals surface area (Å²) in [4.78, 5) is 27.8. The molecule has 1 atom stereocenters. The Morgan fingerprint density at radius 2 is 2.03 bits per heavy atom. The summed E-state index contributed by atoms with van der Waals surface area (Å²) in [5, 5.41) is 0.957. The number of thiazole rings is 1. The Morgan fingerprint density at radius 1 is 1.20 bits per heavy atom. The van der Waals surface area contributed by atoms with E-state index in [1.54, 1.807) is 6.20 Å². The van der Waals surface area contributed by atoms with Gasteiger partial charge < -0.3 is 9.80 Å². The third-order valence-electron chi connectivity index (χ3n) is 6.60. The van der Waals surface area contributed by atoms with Crippen molar-refractivity contribution in [2.75, 3.05) is 19.6 Å². The summed E-state index contributed by atoms with van der Waals surface area (Å²) in [6.45, 7) is 7.71. The molecule has 1 aliphatic heterocycles. The number of rotatable bonds is 6. The van der Waals surface area contributed by atoms with E-state index >= 15 is 0 Å². The fraction of sp³-hybridized carbons (Fsp3) is 0.625. The van der Waals surface area contributed by atoms with E-state index in [0.717, 1.165) is 40.3 Å². The maximum Gasteiger partial charge on any atom is 0.266 e. The van der Waals surface area contributed by atoms with Crippen LogP contribution in [0.3, 0.4) is 0 Å². The maximum absolute atomic E-state index is 13.5. The minimum Gasteiger partial charge on any atom is -0.333 e. The van der Waals surface area contributed by atoms with Crippen molar-refractivity contribution in [1.29, 1.82) is 0 Å². The Morgan fingerprint density at radius 3 is 2.73 bits per heavy atom. The van der Waals surface area contributed by atoms with Gasteiger partial charge in [0, 0.05) is 38.1 Å². The molecule has 1 saturated heterocycles. The van der Waals surface area contributed by atoms with Crippen LogP contribution in [0.25, 0.3) is 0 Å². The number of hydrogen-bond acceptors (Lipinski definition) is 5. The minimum absolute atomic E-state index is 0.122. The Hall–Kier alpha value is -1.79. The topological polar surface area (TPSA) is 49.3 Å². The van der Waals surface area contributed by atoms with E-state index in [0.29, 0.717) is 12.5 Å². The number of likely N-dealkylation sites (tertiary alicyclic amines) is 1. The van der Waals surface area contributed by atoms with Crippen molar-refractivity contribution >= 4 is 17.2 Å². The van der Waals surface area contributed by atoms with Crippen LogP contribution in [0, 0.1) is 19.8 Å². The van der Waals surface area contributed by atoms with E-state index < -0.39 is 0 Å². The number of piperidine rings is 1. The molecule has 0 N–H and O–H groups in total. The van der Waals surface area contributed by atoms with Gasteiger partial charge in [-0.1, -0.05) is 25.3 Å². The van der Waals surface area contributed by atoms with Gasteiger partial charge in [-0.15, -0.1) is 11.3 Å². The molecule has 3 heterocycles. The molecule has 1 amide bonds. The van der Waals surface area contributed by atoms with E-state index in [1.165, 1.54) is 62.8 Å². The minimum atomic E-state index is 0.122. The van der Waals surface area contributed by atoms with Crippen molar-refractivity contribution in [3.8, 4) is 0 Å². The predicted molar refractivity (Wildman–Crippen MR) is 122 cm³/mol. The zero-order valence-electron chi connectivity index (χ0n) is 18.3. The Kier molecular flexibility index (Phi) is 7.16. The molecule has 4 rings (SSSR count). The van der Waals surface area contributed by atoms with Crippen molar-refractivity contribution in [2.45, 2.75) is 71.4 Å². The quantitative estimate of drug-likeness (QED) is 0.663. The lowest BCUT2D eigenvalue weighted by molar-refractivity contribution is 0.0586. The monoisotopic (exact) mass is 426 g/mol. The standard InChI is InChI=1S/C24H34N4OS/c1-18-23(30-19(2)26-18)24(29)28(15-20-8-6-12-25-14-20)17-21-9-7-13-27(16-21)22-10-4-3-5-11-22/h6,8,12,14,21-22H,3-5,7,9-11,13,15-17H2,1-2H3. The van der Waals surface area contributed by atoms with Crippen LogP contribution in [0.5, 0.6) is 0 Å². The van der Waals surface area contributed by atoms with Crippen LogP contribution < -0.4 is 0 Å². The number of aromatic nitrogens is 2. The summed E-state index contributed by atoms with van der Waals surface area (Å²) in [5.74, 6) is 0.660. The van der Waals surface area contributed by atoms with Gasteiger partial charge in [-0.25, -0.2) is 4.98 Å². The van der Waals surface area contributed by atoms with E-state index in [4.69, 9.17) is 0 Å². The first kappa shape index (κ1) is 21.4. The highest BCUT2D eigenvalue weighted by atomic mass is 32.1. The second kappa shape index (κ2) is 10.0. The van der Waals surface area contributed by atoms with Crippen molar-refractivity contribution in [3.05, 3.63) is 45.7 Å². The molecule has 2 aromatic rings. The van der Waals surface area contributed by atoms with Crippen molar-refractivity contribution in [3.63, 3.8) is 0 Å². The number of carbonyl (C=O) groups is 1. The van der Waals surface area contributed by atoms with Gasteiger partial charge in [0.05, 0.1) is 10.7 Å². The lowest BCUT2D eigenvalue weighted by atomic mass is 9.90. The molecule has 6 heteroatoms. The SMILES string of the molecule is Cc1nc(C)c(C(=O)N(Cc2cccnc2)CC2CCCN(C3CCCCC3)C2)s1. The molecule has 30 heavy (non-hydrogen) atoms. The number of aryl methyl sites for hydroxylation is 2. The number of nitrogens with zero attached hydrogens (tertiary/aromatic N) is 4. The third kappa shape index (κ3) is 5.27. The van der Waals surface area contributed by atoms with E-state index in [1.807, 2.05) is 31.0 Å². The molecule has 2 fully saturated rings. The zero-order valence-corrected chi connectivity index (χ0v) is 19.2. The van der Waals surface area contributed by atoms with Crippen molar-refractivity contribution < 1.29 is 4.79 Å². The molecule has 0 bridgehead atoms. The molecular weight excluding hydrogens is 392 g/mol. The van der Waals surface area contributed by atoms with Crippen LogP contribution >= 0.6 is 11.3 Å². The molecule has 2 aromatic heterocycles. The Labute approximate surface area is 184 Å². The van der Waals surface area contributed by atoms with Gasteiger partial charge in [0.2, 0.25) is 0 Å². The molecule has 162 valence electrons. The molecule has 0 radical (unpaired) electrons. The van der Waals surface area contributed by atoms with Crippen LogP contribution in [0.4, 0.5) is 0 Å². The largest absolute Gasteiger partial charge is 0.333 e. The van der Waals surface area contributed by atoms with Gasteiger partial charge in [-0.3, -0.25) is 9.78 Å². The van der Waals surface area contributed by atoms with E-state index in [2.05, 4.69) is 20.9 Å². The lowest BCUT2D eigenvalue weighted by Crippen LogP contribution is -2.47. The molecule has 1 aliphatic carbocycles. The maximum atomic E-state index is 13.5. The zero-order chi connectivity index (χ0) is 20.9. The van der Waals surface area contributed by atoms with Gasteiger partial charge in [0.15, 0.2) is 0 Å². The number of hydrogen-bond donors (Lipinski definition) is 0. The average Bonchev–Trinajstić information content (AvgIpc) is 3.12. The first-order chi connectivity index (χ1) is 14.6. The second-order valence-electron chi connectivity index (χ2n) is 8.99. The van der Waals surface area contributed by atoms with Gasteiger partial charge in [0.25, 0.3) is 5.91 Å². The number of pyridine rings is 1. The van der Waals surface area contributed by atoms with Crippen LogP contribution in [-0.2, 0) is 6.54 Å². The highest BCUT2D eigenvalue weighted by Gasteiger charge is 2.30. The molecule has 2 aliphatic rings. The third-order valence-corrected chi connectivity index (χ3v) is 7.66. The smallest absolute Gasteiger partial charge is 0.266 e. The first-order valence-electron chi connectivity index (χ1n) is 11.5. The summed E-state index contributed by atoms with van der Waals surface area (Å²) in [6, 6.07) is 4.77. The fourth-order valence-corrected chi connectivity index (χ4v) is 6.03. The summed E-state index contributed by atoms with van der Waals surface area (Å²) >= 11 is 1.52. The van der Waals surface area contributed by atoms with Gasteiger partial charge in [-0.2, -0.15) is 0 Å². The predicted octanol–water partition coefficient (Wildman–Crippen LogP) is 4.84. The Bertz CT molecular complexity index is 831. The van der Waals surface area contributed by atoms with Gasteiger partial charge in [-0.05, 0) is 63.6 Å². The number of amides is 1. The van der Waals surface area contributed by atoms with Crippen LogP contribution in [0.1, 0.15) is 70.9 Å². The molecule has 1 saturated carbocycles. The summed E-state index contributed by atoms with van der Waals surface area (Å²) in [5.41, 5.74) is 1.94. The van der Waals surface area contributed by atoms with E-state index in [-0.39, 0.29) is 5.91 Å². The molecule has 0 aromatic carbocycles. The van der Waals surface area contributed by atoms with E-state index in [9.17, 15) is 4.79 Å². The van der Waals surface area contributed by atoms with Crippen LogP contribution in [-0.4, -0.2) is 51.4 Å². The van der Waals surface area contributed by atoms with Gasteiger partial charge in [0.1, 0.15) is 4.88 Å². The highest BCUT2D eigenvalue weighted by molar-refractivity contribution is 7.13. The number of carbonyl (C=O) groups excluding carboxylic acids is 1. The molecule has 5 nitrogen and oxygen atoms in total. The first-order valence-corrected chi connectivity index (χ1v) is 12.3. The fourth-order valence-electron chi connectivity index (χ4n) is 5.14. The average molecular weight is 427 g/mol. The lowest BCUT2D eigenvalue weighted by Gasteiger charge is -2.41. The highest BCUT2D eigenvalue weighted by Crippen LogP contribution is 2.28. The second-order valence-corrected chi connectivity index (χ2v) is 10.2. The summed E-state index contributed by atoms with van der Waals surface area (Å²) < 4.78 is 0. The van der Waals surface area contributed by atoms with Crippen molar-refractivity contribution in [2.24, 2.45) is 5.92 Å². The Balaban J connectivity index is 1.48. The molecule has 1 unspecified atom stereocenters. The molecule has 0 spiro atoms. The van der Waals surface area contributed by atoms with Crippen LogP contribution in [0.2, 0.25) is 0 Å². The van der Waals surface area contributed by atoms with Crippen LogP contribution in [0.15, 0.2) is 24.5 Å².